The Morgan fingerprint density at radius 2 is 1.17 bits per heavy atom. The fraction of sp³-hybridized carbons (Fsp3) is 0.882. The molecule has 0 N–H and O–H groups in total. The van der Waals surface area contributed by atoms with E-state index < -0.39 is 29.1 Å². The molecule has 0 saturated heterocycles. The number of hydrogen-bond acceptors (Lipinski definition) is 6. The lowest BCUT2D eigenvalue weighted by Crippen LogP contribution is -2.49. The monoisotopic (exact) mass is 332 g/mol. The van der Waals surface area contributed by atoms with E-state index in [2.05, 4.69) is 0 Å². The van der Waals surface area contributed by atoms with Crippen molar-refractivity contribution in [3.05, 3.63) is 0 Å². The number of carbonyl (C=O) groups is 2. The van der Waals surface area contributed by atoms with Gasteiger partial charge in [-0.05, 0) is 41.0 Å². The molecular weight excluding hydrogens is 300 g/mol. The molecule has 0 fully saturated rings. The molecule has 0 aliphatic rings. The molecule has 0 unspecified atom stereocenters. The lowest BCUT2D eigenvalue weighted by molar-refractivity contribution is -0.281. The van der Waals surface area contributed by atoms with E-state index in [-0.39, 0.29) is 19.6 Å². The Kier molecular flexibility index (Phi) is 9.39. The summed E-state index contributed by atoms with van der Waals surface area (Å²) in [5, 5.41) is 0. The van der Waals surface area contributed by atoms with Crippen LogP contribution in [0.4, 0.5) is 0 Å². The lowest BCUT2D eigenvalue weighted by Gasteiger charge is -2.44. The van der Waals surface area contributed by atoms with Gasteiger partial charge in [-0.25, -0.2) is 0 Å². The van der Waals surface area contributed by atoms with Crippen LogP contribution in [0, 0.1) is 11.3 Å². The van der Waals surface area contributed by atoms with Gasteiger partial charge >= 0.3 is 11.9 Å². The highest BCUT2D eigenvalue weighted by atomic mass is 16.7. The molecule has 0 radical (unpaired) electrons. The maximum atomic E-state index is 12.2. The van der Waals surface area contributed by atoms with Gasteiger partial charge < -0.3 is 18.9 Å². The van der Waals surface area contributed by atoms with Crippen molar-refractivity contribution in [2.24, 2.45) is 11.3 Å². The lowest BCUT2D eigenvalue weighted by atomic mass is 9.76. The van der Waals surface area contributed by atoms with E-state index in [1.807, 2.05) is 34.6 Å². The predicted molar refractivity (Wildman–Crippen MR) is 86.8 cm³/mol. The SMILES string of the molecule is CCOC(=O)C(CC(C)(C)C(C)(OCC)OCC)C(=O)OCC. The Morgan fingerprint density at radius 3 is 1.48 bits per heavy atom. The Hall–Kier alpha value is -1.14. The molecule has 0 aliphatic carbocycles. The van der Waals surface area contributed by atoms with Crippen LogP contribution in [0.25, 0.3) is 0 Å². The molecule has 0 aromatic rings. The predicted octanol–water partition coefficient (Wildman–Crippen LogP) is 2.93. The van der Waals surface area contributed by atoms with Gasteiger partial charge in [-0.3, -0.25) is 9.59 Å². The van der Waals surface area contributed by atoms with Crippen LogP contribution >= 0.6 is 0 Å². The molecule has 0 bridgehead atoms. The molecule has 0 heterocycles. The summed E-state index contributed by atoms with van der Waals surface area (Å²) in [4.78, 5) is 24.4. The molecule has 6 heteroatoms. The molecule has 0 aromatic carbocycles. The Labute approximate surface area is 139 Å². The van der Waals surface area contributed by atoms with E-state index in [9.17, 15) is 9.59 Å². The molecule has 0 aromatic heterocycles. The molecule has 23 heavy (non-hydrogen) atoms. The van der Waals surface area contributed by atoms with Crippen molar-refractivity contribution in [1.82, 2.24) is 0 Å². The quantitative estimate of drug-likeness (QED) is 0.329. The first-order chi connectivity index (χ1) is 10.7. The highest BCUT2D eigenvalue weighted by molar-refractivity contribution is 5.95. The minimum Gasteiger partial charge on any atom is -0.465 e. The van der Waals surface area contributed by atoms with Crippen LogP contribution in [-0.4, -0.2) is 44.2 Å². The zero-order valence-corrected chi connectivity index (χ0v) is 15.6. The van der Waals surface area contributed by atoms with Gasteiger partial charge in [0, 0.05) is 18.6 Å². The van der Waals surface area contributed by atoms with E-state index in [0.29, 0.717) is 13.2 Å². The Bertz CT molecular complexity index is 353. The van der Waals surface area contributed by atoms with Crippen molar-refractivity contribution in [1.29, 1.82) is 0 Å². The molecule has 0 rings (SSSR count). The average Bonchev–Trinajstić information content (AvgIpc) is 2.45. The third-order valence-corrected chi connectivity index (χ3v) is 3.93. The highest BCUT2D eigenvalue weighted by Crippen LogP contribution is 2.41. The molecule has 136 valence electrons. The van der Waals surface area contributed by atoms with Crippen LogP contribution in [0.5, 0.6) is 0 Å². The van der Waals surface area contributed by atoms with Crippen molar-refractivity contribution in [3.63, 3.8) is 0 Å². The van der Waals surface area contributed by atoms with Gasteiger partial charge in [-0.1, -0.05) is 13.8 Å². The summed E-state index contributed by atoms with van der Waals surface area (Å²) >= 11 is 0. The van der Waals surface area contributed by atoms with Gasteiger partial charge in [0.05, 0.1) is 13.2 Å². The maximum Gasteiger partial charge on any atom is 0.320 e. The van der Waals surface area contributed by atoms with Gasteiger partial charge in [0.2, 0.25) is 0 Å². The summed E-state index contributed by atoms with van der Waals surface area (Å²) in [6.07, 6.45) is 0.209. The highest BCUT2D eigenvalue weighted by Gasteiger charge is 2.47. The fourth-order valence-electron chi connectivity index (χ4n) is 2.43. The third kappa shape index (κ3) is 6.11. The summed E-state index contributed by atoms with van der Waals surface area (Å²) in [5.41, 5.74) is -0.608. The summed E-state index contributed by atoms with van der Waals surface area (Å²) in [6, 6.07) is 0. The van der Waals surface area contributed by atoms with Gasteiger partial charge in [-0.2, -0.15) is 0 Å². The second-order valence-corrected chi connectivity index (χ2v) is 5.96. The normalized spacial score (nSPS) is 12.3. The Morgan fingerprint density at radius 1 is 0.783 bits per heavy atom. The van der Waals surface area contributed by atoms with Gasteiger partial charge in [0.15, 0.2) is 11.7 Å². The van der Waals surface area contributed by atoms with Crippen LogP contribution in [0.3, 0.4) is 0 Å². The molecule has 0 spiro atoms. The van der Waals surface area contributed by atoms with Crippen molar-refractivity contribution in [2.45, 2.75) is 60.7 Å². The maximum absolute atomic E-state index is 12.2. The number of carbonyl (C=O) groups excluding carboxylic acids is 2. The number of ether oxygens (including phenoxy) is 4. The van der Waals surface area contributed by atoms with Gasteiger partial charge in [0.25, 0.3) is 0 Å². The number of hydrogen-bond donors (Lipinski definition) is 0. The molecule has 0 atom stereocenters. The molecule has 6 nitrogen and oxygen atoms in total. The van der Waals surface area contributed by atoms with Crippen molar-refractivity contribution < 1.29 is 28.5 Å². The number of rotatable bonds is 11. The smallest absolute Gasteiger partial charge is 0.320 e. The molecule has 0 saturated carbocycles. The summed E-state index contributed by atoms with van der Waals surface area (Å²) in [5.74, 6) is -3.07. The second-order valence-electron chi connectivity index (χ2n) is 5.96. The van der Waals surface area contributed by atoms with Crippen molar-refractivity contribution in [2.75, 3.05) is 26.4 Å². The van der Waals surface area contributed by atoms with E-state index in [1.54, 1.807) is 13.8 Å². The third-order valence-electron chi connectivity index (χ3n) is 3.93. The van der Waals surface area contributed by atoms with E-state index in [4.69, 9.17) is 18.9 Å². The fourth-order valence-corrected chi connectivity index (χ4v) is 2.43. The molecule has 0 amide bonds. The first-order valence-electron chi connectivity index (χ1n) is 8.30. The van der Waals surface area contributed by atoms with E-state index in [1.165, 1.54) is 0 Å². The van der Waals surface area contributed by atoms with Crippen molar-refractivity contribution in [3.8, 4) is 0 Å². The van der Waals surface area contributed by atoms with E-state index in [0.717, 1.165) is 0 Å². The zero-order valence-electron chi connectivity index (χ0n) is 15.6. The number of esters is 2. The molecular formula is C17H32O6. The molecule has 0 aliphatic heterocycles. The van der Waals surface area contributed by atoms with Crippen LogP contribution in [0.15, 0.2) is 0 Å². The average molecular weight is 332 g/mol. The Balaban J connectivity index is 5.40. The van der Waals surface area contributed by atoms with Crippen LogP contribution in [0.1, 0.15) is 54.9 Å². The van der Waals surface area contributed by atoms with Crippen molar-refractivity contribution >= 4 is 11.9 Å². The van der Waals surface area contributed by atoms with Gasteiger partial charge in [-0.15, -0.1) is 0 Å². The zero-order chi connectivity index (χ0) is 18.1. The largest absolute Gasteiger partial charge is 0.465 e. The minimum atomic E-state index is -0.995. The standard InChI is InChI=1S/C17H32O6/c1-8-20-14(18)13(15(19)21-9-2)12-16(5,6)17(7,22-10-3)23-11-4/h13H,8-12H2,1-7H3. The second kappa shape index (κ2) is 9.88. The summed E-state index contributed by atoms with van der Waals surface area (Å²) < 4.78 is 21.6. The first kappa shape index (κ1) is 21.9. The topological polar surface area (TPSA) is 71.1 Å². The van der Waals surface area contributed by atoms with Crippen LogP contribution in [0.2, 0.25) is 0 Å². The van der Waals surface area contributed by atoms with Gasteiger partial charge in [0.1, 0.15) is 0 Å². The summed E-state index contributed by atoms with van der Waals surface area (Å²) in [7, 11) is 0. The first-order valence-corrected chi connectivity index (χ1v) is 8.30. The minimum absolute atomic E-state index is 0.209. The van der Waals surface area contributed by atoms with Crippen LogP contribution < -0.4 is 0 Å². The van der Waals surface area contributed by atoms with Crippen LogP contribution in [-0.2, 0) is 28.5 Å². The summed E-state index contributed by atoms with van der Waals surface area (Å²) in [6.45, 7) is 14.1. The van der Waals surface area contributed by atoms with E-state index >= 15 is 0 Å².